The molecule has 1 atom stereocenters. The summed E-state index contributed by atoms with van der Waals surface area (Å²) in [5.41, 5.74) is 4.69. The Balaban J connectivity index is 1.76. The zero-order valence-electron chi connectivity index (χ0n) is 14.3. The lowest BCUT2D eigenvalue weighted by Crippen LogP contribution is -2.18. The van der Waals surface area contributed by atoms with E-state index in [9.17, 15) is 4.39 Å². The first-order valence-electron chi connectivity index (χ1n) is 8.54. The van der Waals surface area contributed by atoms with Gasteiger partial charge in [0, 0.05) is 12.6 Å². The summed E-state index contributed by atoms with van der Waals surface area (Å²) in [4.78, 5) is 0. The third-order valence-corrected chi connectivity index (χ3v) is 4.27. The predicted molar refractivity (Wildman–Crippen MR) is 103 cm³/mol. The van der Waals surface area contributed by atoms with E-state index in [1.807, 2.05) is 24.3 Å². The van der Waals surface area contributed by atoms with E-state index in [0.717, 1.165) is 12.1 Å². The average molecular weight is 331 g/mol. The van der Waals surface area contributed by atoms with E-state index in [1.165, 1.54) is 28.8 Å². The number of nitrogens with one attached hydrogen (secondary N) is 1. The molecule has 0 bridgehead atoms. The van der Waals surface area contributed by atoms with Gasteiger partial charge in [-0.1, -0.05) is 78.9 Å². The molecule has 3 aromatic rings. The summed E-state index contributed by atoms with van der Waals surface area (Å²) in [5, 5.41) is 3.49. The van der Waals surface area contributed by atoms with E-state index in [1.54, 1.807) is 0 Å². The summed E-state index contributed by atoms with van der Waals surface area (Å²) in [6.45, 7) is 2.82. The van der Waals surface area contributed by atoms with Gasteiger partial charge in [-0.05, 0) is 41.3 Å². The van der Waals surface area contributed by atoms with Crippen LogP contribution in [0.4, 0.5) is 4.39 Å². The Morgan fingerprint density at radius 2 is 1.36 bits per heavy atom. The standard InChI is InChI=1S/C23H22FN/c1-18(19-12-14-22(24)15-13-19)25-17-16-23(20-8-4-2-5-9-20)21-10-6-3-7-11-21/h2-16,18,25H,17H2,1H3/t18-/m1/s1. The van der Waals surface area contributed by atoms with Crippen molar-refractivity contribution in [2.24, 2.45) is 0 Å². The SMILES string of the molecule is C[C@@H](NCC=C(c1ccccc1)c1ccccc1)c1ccc(F)cc1. The second-order valence-electron chi connectivity index (χ2n) is 6.03. The molecule has 3 aromatic carbocycles. The van der Waals surface area contributed by atoms with Gasteiger partial charge in [0.05, 0.1) is 0 Å². The summed E-state index contributed by atoms with van der Waals surface area (Å²) in [6, 6.07) is 27.6. The van der Waals surface area contributed by atoms with E-state index in [2.05, 4.69) is 66.8 Å². The highest BCUT2D eigenvalue weighted by atomic mass is 19.1. The highest BCUT2D eigenvalue weighted by Gasteiger charge is 2.06. The molecule has 2 heteroatoms. The molecule has 25 heavy (non-hydrogen) atoms. The highest BCUT2D eigenvalue weighted by molar-refractivity contribution is 5.79. The lowest BCUT2D eigenvalue weighted by molar-refractivity contribution is 0.606. The molecule has 0 aromatic heterocycles. The van der Waals surface area contributed by atoms with Gasteiger partial charge in [0.2, 0.25) is 0 Å². The summed E-state index contributed by atoms with van der Waals surface area (Å²) < 4.78 is 13.1. The lowest BCUT2D eigenvalue weighted by atomic mass is 9.97. The number of rotatable bonds is 6. The molecular formula is C23H22FN. The van der Waals surface area contributed by atoms with Crippen molar-refractivity contribution in [1.29, 1.82) is 0 Å². The summed E-state index contributed by atoms with van der Waals surface area (Å²) in [7, 11) is 0. The normalized spacial score (nSPS) is 11.8. The molecule has 1 N–H and O–H groups in total. The van der Waals surface area contributed by atoms with Crippen molar-refractivity contribution in [3.63, 3.8) is 0 Å². The first-order valence-corrected chi connectivity index (χ1v) is 8.54. The number of halogens is 1. The molecule has 0 heterocycles. The Labute approximate surface area is 148 Å². The van der Waals surface area contributed by atoms with Gasteiger partial charge in [0.1, 0.15) is 5.82 Å². The second kappa shape index (κ2) is 8.41. The third-order valence-electron chi connectivity index (χ3n) is 4.27. The van der Waals surface area contributed by atoms with Crippen LogP contribution in [0, 0.1) is 5.82 Å². The van der Waals surface area contributed by atoms with Crippen molar-refractivity contribution in [1.82, 2.24) is 5.32 Å². The van der Waals surface area contributed by atoms with Crippen LogP contribution in [0.3, 0.4) is 0 Å². The van der Waals surface area contributed by atoms with E-state index in [-0.39, 0.29) is 11.9 Å². The van der Waals surface area contributed by atoms with Crippen LogP contribution in [0.2, 0.25) is 0 Å². The fourth-order valence-electron chi connectivity index (χ4n) is 2.84. The maximum atomic E-state index is 13.1. The zero-order chi connectivity index (χ0) is 17.5. The minimum Gasteiger partial charge on any atom is -0.307 e. The Hall–Kier alpha value is -2.71. The molecule has 0 saturated heterocycles. The van der Waals surface area contributed by atoms with E-state index >= 15 is 0 Å². The molecule has 126 valence electrons. The summed E-state index contributed by atoms with van der Waals surface area (Å²) in [6.07, 6.45) is 2.21. The molecule has 1 nitrogen and oxygen atoms in total. The maximum Gasteiger partial charge on any atom is 0.123 e. The van der Waals surface area contributed by atoms with Crippen molar-refractivity contribution >= 4 is 5.57 Å². The van der Waals surface area contributed by atoms with Crippen molar-refractivity contribution < 1.29 is 4.39 Å². The molecule has 0 fully saturated rings. The Morgan fingerprint density at radius 3 is 1.88 bits per heavy atom. The average Bonchev–Trinajstić information content (AvgIpc) is 2.67. The van der Waals surface area contributed by atoms with Crippen LogP contribution < -0.4 is 5.32 Å². The molecule has 0 aliphatic heterocycles. The molecular weight excluding hydrogens is 309 g/mol. The second-order valence-corrected chi connectivity index (χ2v) is 6.03. The predicted octanol–water partition coefficient (Wildman–Crippen LogP) is 5.61. The van der Waals surface area contributed by atoms with Gasteiger partial charge in [0.25, 0.3) is 0 Å². The maximum absolute atomic E-state index is 13.1. The van der Waals surface area contributed by atoms with Gasteiger partial charge in [-0.15, -0.1) is 0 Å². The van der Waals surface area contributed by atoms with E-state index in [4.69, 9.17) is 0 Å². The molecule has 3 rings (SSSR count). The zero-order valence-corrected chi connectivity index (χ0v) is 14.3. The van der Waals surface area contributed by atoms with Crippen molar-refractivity contribution in [2.75, 3.05) is 6.54 Å². The number of benzene rings is 3. The smallest absolute Gasteiger partial charge is 0.123 e. The lowest BCUT2D eigenvalue weighted by Gasteiger charge is -2.14. The van der Waals surface area contributed by atoms with Crippen LogP contribution >= 0.6 is 0 Å². The van der Waals surface area contributed by atoms with Crippen molar-refractivity contribution in [2.45, 2.75) is 13.0 Å². The van der Waals surface area contributed by atoms with Crippen LogP contribution in [0.1, 0.15) is 29.7 Å². The number of hydrogen-bond donors (Lipinski definition) is 1. The van der Waals surface area contributed by atoms with Gasteiger partial charge >= 0.3 is 0 Å². The largest absolute Gasteiger partial charge is 0.307 e. The van der Waals surface area contributed by atoms with Crippen LogP contribution in [0.5, 0.6) is 0 Å². The van der Waals surface area contributed by atoms with E-state index < -0.39 is 0 Å². The molecule has 0 aliphatic carbocycles. The van der Waals surface area contributed by atoms with Crippen LogP contribution in [0.15, 0.2) is 91.0 Å². The van der Waals surface area contributed by atoms with Gasteiger partial charge in [0.15, 0.2) is 0 Å². The Morgan fingerprint density at radius 1 is 0.840 bits per heavy atom. The first-order chi connectivity index (χ1) is 12.2. The van der Waals surface area contributed by atoms with Crippen molar-refractivity contribution in [3.8, 4) is 0 Å². The third kappa shape index (κ3) is 4.65. The molecule has 0 spiro atoms. The van der Waals surface area contributed by atoms with Gasteiger partial charge in [-0.2, -0.15) is 0 Å². The Bertz CT molecular complexity index is 766. The minimum atomic E-state index is -0.203. The van der Waals surface area contributed by atoms with Gasteiger partial charge < -0.3 is 5.32 Å². The number of hydrogen-bond acceptors (Lipinski definition) is 1. The molecule has 0 unspecified atom stereocenters. The van der Waals surface area contributed by atoms with Gasteiger partial charge in [-0.3, -0.25) is 0 Å². The molecule has 0 amide bonds. The molecule has 0 radical (unpaired) electrons. The monoisotopic (exact) mass is 331 g/mol. The summed E-state index contributed by atoms with van der Waals surface area (Å²) >= 11 is 0. The molecule has 0 aliphatic rings. The fraction of sp³-hybridized carbons (Fsp3) is 0.130. The highest BCUT2D eigenvalue weighted by Crippen LogP contribution is 2.23. The molecule has 0 saturated carbocycles. The quantitative estimate of drug-likeness (QED) is 0.619. The van der Waals surface area contributed by atoms with Crippen LogP contribution in [-0.2, 0) is 0 Å². The van der Waals surface area contributed by atoms with Crippen molar-refractivity contribution in [3.05, 3.63) is 114 Å². The Kier molecular flexibility index (Phi) is 5.76. The topological polar surface area (TPSA) is 12.0 Å². The van der Waals surface area contributed by atoms with Gasteiger partial charge in [-0.25, -0.2) is 4.39 Å². The minimum absolute atomic E-state index is 0.157. The summed E-state index contributed by atoms with van der Waals surface area (Å²) in [5.74, 6) is -0.203. The van der Waals surface area contributed by atoms with E-state index in [0.29, 0.717) is 0 Å². The van der Waals surface area contributed by atoms with Crippen LogP contribution in [-0.4, -0.2) is 6.54 Å². The fourth-order valence-corrected chi connectivity index (χ4v) is 2.84. The first kappa shape index (κ1) is 17.1. The van der Waals surface area contributed by atoms with Crippen LogP contribution in [0.25, 0.3) is 5.57 Å².